The van der Waals surface area contributed by atoms with Crippen LogP contribution in [0.3, 0.4) is 0 Å². The van der Waals surface area contributed by atoms with E-state index in [1.807, 2.05) is 7.05 Å². The van der Waals surface area contributed by atoms with Crippen LogP contribution in [0.5, 0.6) is 0 Å². The Balaban J connectivity index is 0.00000324. The molecule has 1 fully saturated rings. The standard InChI is InChI=1S/C13H29N5.HI/c1-11(2)16-13(14-4)15-10-12(3)18-8-6-17(5)7-9-18;/h11-12H,6-10H2,1-5H3,(H2,14,15,16);1H. The topological polar surface area (TPSA) is 42.9 Å². The lowest BCUT2D eigenvalue weighted by atomic mass is 10.2. The van der Waals surface area contributed by atoms with E-state index in [-0.39, 0.29) is 24.0 Å². The van der Waals surface area contributed by atoms with Gasteiger partial charge in [0.05, 0.1) is 0 Å². The van der Waals surface area contributed by atoms with Crippen LogP contribution >= 0.6 is 24.0 Å². The second kappa shape index (κ2) is 9.77. The van der Waals surface area contributed by atoms with Gasteiger partial charge in [0, 0.05) is 51.9 Å². The first-order chi connectivity index (χ1) is 8.52. The van der Waals surface area contributed by atoms with Crippen molar-refractivity contribution in [3.05, 3.63) is 0 Å². The monoisotopic (exact) mass is 383 g/mol. The van der Waals surface area contributed by atoms with E-state index in [2.05, 4.69) is 53.2 Å². The quantitative estimate of drug-likeness (QED) is 0.429. The number of nitrogens with zero attached hydrogens (tertiary/aromatic N) is 3. The maximum absolute atomic E-state index is 4.23. The Bertz CT molecular complexity index is 262. The van der Waals surface area contributed by atoms with Crippen molar-refractivity contribution >= 4 is 29.9 Å². The maximum Gasteiger partial charge on any atom is 0.191 e. The summed E-state index contributed by atoms with van der Waals surface area (Å²) in [6, 6.07) is 0.958. The average molecular weight is 383 g/mol. The number of guanidine groups is 1. The molecule has 114 valence electrons. The van der Waals surface area contributed by atoms with E-state index >= 15 is 0 Å². The Kier molecular flexibility index (Phi) is 9.72. The largest absolute Gasteiger partial charge is 0.355 e. The molecule has 1 heterocycles. The fraction of sp³-hybridized carbons (Fsp3) is 0.923. The number of nitrogens with one attached hydrogen (secondary N) is 2. The predicted molar refractivity (Wildman–Crippen MR) is 93.6 cm³/mol. The maximum atomic E-state index is 4.23. The van der Waals surface area contributed by atoms with Gasteiger partial charge in [-0.25, -0.2) is 0 Å². The van der Waals surface area contributed by atoms with E-state index < -0.39 is 0 Å². The molecule has 0 aromatic heterocycles. The summed E-state index contributed by atoms with van der Waals surface area (Å²) >= 11 is 0. The number of halogens is 1. The van der Waals surface area contributed by atoms with Gasteiger partial charge in [-0.3, -0.25) is 9.89 Å². The summed E-state index contributed by atoms with van der Waals surface area (Å²) in [4.78, 5) is 9.15. The van der Waals surface area contributed by atoms with E-state index in [0.29, 0.717) is 12.1 Å². The van der Waals surface area contributed by atoms with Crippen molar-refractivity contribution in [3.63, 3.8) is 0 Å². The molecule has 5 nitrogen and oxygen atoms in total. The average Bonchev–Trinajstić information content (AvgIpc) is 2.34. The van der Waals surface area contributed by atoms with Gasteiger partial charge in [-0.05, 0) is 27.8 Å². The van der Waals surface area contributed by atoms with E-state index in [1.54, 1.807) is 0 Å². The third kappa shape index (κ3) is 7.31. The highest BCUT2D eigenvalue weighted by atomic mass is 127. The van der Waals surface area contributed by atoms with Crippen LogP contribution in [0.25, 0.3) is 0 Å². The van der Waals surface area contributed by atoms with Crippen molar-refractivity contribution < 1.29 is 0 Å². The van der Waals surface area contributed by atoms with Gasteiger partial charge in [0.1, 0.15) is 0 Å². The van der Waals surface area contributed by atoms with Crippen molar-refractivity contribution in [1.29, 1.82) is 0 Å². The zero-order valence-corrected chi connectivity index (χ0v) is 15.3. The lowest BCUT2D eigenvalue weighted by Gasteiger charge is -2.36. The van der Waals surface area contributed by atoms with Gasteiger partial charge in [0.15, 0.2) is 5.96 Å². The van der Waals surface area contributed by atoms with Crippen LogP contribution in [0, 0.1) is 0 Å². The second-order valence-electron chi connectivity index (χ2n) is 5.44. The highest BCUT2D eigenvalue weighted by molar-refractivity contribution is 14.0. The van der Waals surface area contributed by atoms with Crippen LogP contribution in [-0.2, 0) is 0 Å². The van der Waals surface area contributed by atoms with Crippen molar-refractivity contribution in [2.45, 2.75) is 32.9 Å². The van der Waals surface area contributed by atoms with Crippen molar-refractivity contribution in [2.24, 2.45) is 4.99 Å². The summed E-state index contributed by atoms with van der Waals surface area (Å²) in [7, 11) is 4.01. The van der Waals surface area contributed by atoms with Gasteiger partial charge in [-0.1, -0.05) is 0 Å². The summed E-state index contributed by atoms with van der Waals surface area (Å²) in [5.41, 5.74) is 0. The Morgan fingerprint density at radius 2 is 1.74 bits per heavy atom. The first-order valence-corrected chi connectivity index (χ1v) is 6.92. The number of likely N-dealkylation sites (N-methyl/N-ethyl adjacent to an activating group) is 1. The molecule has 1 atom stereocenters. The summed E-state index contributed by atoms with van der Waals surface area (Å²) in [5.74, 6) is 0.894. The molecule has 0 radical (unpaired) electrons. The molecule has 1 saturated heterocycles. The van der Waals surface area contributed by atoms with E-state index in [1.165, 1.54) is 13.1 Å². The van der Waals surface area contributed by atoms with Gasteiger partial charge in [-0.2, -0.15) is 0 Å². The van der Waals surface area contributed by atoms with Gasteiger partial charge in [0.2, 0.25) is 0 Å². The second-order valence-corrected chi connectivity index (χ2v) is 5.44. The summed E-state index contributed by atoms with van der Waals surface area (Å²) in [6.07, 6.45) is 0. The molecular formula is C13H30IN5. The summed E-state index contributed by atoms with van der Waals surface area (Å²) in [5, 5.41) is 6.70. The number of aliphatic imine (C=N–C) groups is 1. The minimum Gasteiger partial charge on any atom is -0.355 e. The molecule has 0 aromatic rings. The van der Waals surface area contributed by atoms with Crippen LogP contribution in [-0.4, -0.2) is 74.7 Å². The van der Waals surface area contributed by atoms with Crippen molar-refractivity contribution in [1.82, 2.24) is 20.4 Å². The Morgan fingerprint density at radius 3 is 2.21 bits per heavy atom. The molecule has 1 aliphatic heterocycles. The smallest absolute Gasteiger partial charge is 0.191 e. The van der Waals surface area contributed by atoms with Crippen LogP contribution in [0.15, 0.2) is 4.99 Å². The highest BCUT2D eigenvalue weighted by Gasteiger charge is 2.18. The minimum atomic E-state index is 0. The number of hydrogen-bond acceptors (Lipinski definition) is 3. The molecule has 2 N–H and O–H groups in total. The van der Waals surface area contributed by atoms with Gasteiger partial charge in [0.25, 0.3) is 0 Å². The lowest BCUT2D eigenvalue weighted by Crippen LogP contribution is -2.52. The highest BCUT2D eigenvalue weighted by Crippen LogP contribution is 2.03. The van der Waals surface area contributed by atoms with Gasteiger partial charge in [-0.15, -0.1) is 24.0 Å². The normalized spacial score (nSPS) is 20.0. The molecule has 0 spiro atoms. The number of rotatable bonds is 4. The van der Waals surface area contributed by atoms with Gasteiger partial charge >= 0.3 is 0 Å². The van der Waals surface area contributed by atoms with Crippen molar-refractivity contribution in [3.8, 4) is 0 Å². The van der Waals surface area contributed by atoms with Gasteiger partial charge < -0.3 is 15.5 Å². The SMILES string of the molecule is CN=C(NCC(C)N1CCN(C)CC1)NC(C)C.I. The number of hydrogen-bond donors (Lipinski definition) is 2. The molecule has 0 saturated carbocycles. The fourth-order valence-electron chi connectivity index (χ4n) is 2.10. The number of piperazine rings is 1. The zero-order chi connectivity index (χ0) is 13.5. The van der Waals surface area contributed by atoms with E-state index in [9.17, 15) is 0 Å². The van der Waals surface area contributed by atoms with Crippen LogP contribution < -0.4 is 10.6 Å². The lowest BCUT2D eigenvalue weighted by molar-refractivity contribution is 0.120. The molecule has 0 aromatic carbocycles. The zero-order valence-electron chi connectivity index (χ0n) is 12.9. The molecule has 0 bridgehead atoms. The molecule has 0 aliphatic carbocycles. The molecule has 1 rings (SSSR count). The fourth-order valence-corrected chi connectivity index (χ4v) is 2.10. The predicted octanol–water partition coefficient (Wildman–Crippen LogP) is 0.814. The first kappa shape index (κ1) is 18.9. The third-order valence-corrected chi connectivity index (χ3v) is 3.38. The third-order valence-electron chi connectivity index (χ3n) is 3.38. The molecule has 19 heavy (non-hydrogen) atoms. The van der Waals surface area contributed by atoms with Crippen LogP contribution in [0.4, 0.5) is 0 Å². The van der Waals surface area contributed by atoms with Crippen LogP contribution in [0.2, 0.25) is 0 Å². The molecular weight excluding hydrogens is 353 g/mol. The molecule has 1 unspecified atom stereocenters. The van der Waals surface area contributed by atoms with E-state index in [0.717, 1.165) is 25.6 Å². The Hall–Kier alpha value is -0.0800. The van der Waals surface area contributed by atoms with Crippen molar-refractivity contribution in [2.75, 3.05) is 46.8 Å². The molecule has 6 heteroatoms. The molecule has 1 aliphatic rings. The summed E-state index contributed by atoms with van der Waals surface area (Å²) in [6.45, 7) is 12.1. The Labute approximate surface area is 135 Å². The van der Waals surface area contributed by atoms with E-state index in [4.69, 9.17) is 0 Å². The summed E-state index contributed by atoms with van der Waals surface area (Å²) < 4.78 is 0. The molecule has 0 amide bonds. The minimum absolute atomic E-state index is 0. The van der Waals surface area contributed by atoms with Crippen LogP contribution in [0.1, 0.15) is 20.8 Å². The first-order valence-electron chi connectivity index (χ1n) is 6.92. The Morgan fingerprint density at radius 1 is 1.16 bits per heavy atom.